The maximum atomic E-state index is 12.7. The van der Waals surface area contributed by atoms with Gasteiger partial charge in [0.05, 0.1) is 19.5 Å². The minimum atomic E-state index is -4.72. The number of hydrogen-bond acceptors (Lipinski definition) is 5. The van der Waals surface area contributed by atoms with Crippen molar-refractivity contribution in [2.75, 3.05) is 26.6 Å². The third-order valence-electron chi connectivity index (χ3n) is 3.85. The lowest BCUT2D eigenvalue weighted by Gasteiger charge is -2.43. The molecule has 0 spiro atoms. The molecule has 1 aliphatic carbocycles. The van der Waals surface area contributed by atoms with Crippen molar-refractivity contribution in [2.45, 2.75) is 37.5 Å². The molecule has 0 heterocycles. The number of methoxy groups -OCH3 is 1. The maximum Gasteiger partial charge on any atom is 0.417 e. The summed E-state index contributed by atoms with van der Waals surface area (Å²) < 4.78 is 70.6. The number of aliphatic hydroxyl groups is 1. The van der Waals surface area contributed by atoms with Crippen LogP contribution in [0.15, 0.2) is 0 Å². The molecular formula is C11H19F3O5S. The molecule has 0 unspecified atom stereocenters. The SMILES string of the molecule is COCC1(CS(=O)(=O)OC)CCC(O)(C(F)(F)F)CC1. The van der Waals surface area contributed by atoms with Crippen LogP contribution in [-0.4, -0.2) is 51.9 Å². The lowest BCUT2D eigenvalue weighted by atomic mass is 9.70. The van der Waals surface area contributed by atoms with E-state index in [0.717, 1.165) is 7.11 Å². The molecule has 20 heavy (non-hydrogen) atoms. The van der Waals surface area contributed by atoms with Crippen molar-refractivity contribution in [1.82, 2.24) is 0 Å². The fraction of sp³-hybridized carbons (Fsp3) is 1.00. The van der Waals surface area contributed by atoms with Gasteiger partial charge in [-0.2, -0.15) is 21.6 Å². The number of hydrogen-bond donors (Lipinski definition) is 1. The van der Waals surface area contributed by atoms with Crippen LogP contribution < -0.4 is 0 Å². The van der Waals surface area contributed by atoms with Crippen molar-refractivity contribution in [3.05, 3.63) is 0 Å². The highest BCUT2D eigenvalue weighted by molar-refractivity contribution is 7.86. The molecule has 1 N–H and O–H groups in total. The van der Waals surface area contributed by atoms with E-state index in [9.17, 15) is 26.7 Å². The minimum Gasteiger partial charge on any atom is -0.384 e. The van der Waals surface area contributed by atoms with Gasteiger partial charge in [-0.05, 0) is 25.7 Å². The molecule has 0 saturated heterocycles. The largest absolute Gasteiger partial charge is 0.417 e. The second-order valence-electron chi connectivity index (χ2n) is 5.33. The lowest BCUT2D eigenvalue weighted by Crippen LogP contribution is -2.52. The molecule has 0 bridgehead atoms. The van der Waals surface area contributed by atoms with E-state index in [1.165, 1.54) is 7.11 Å². The van der Waals surface area contributed by atoms with E-state index in [2.05, 4.69) is 4.18 Å². The Kier molecular flexibility index (Phi) is 5.11. The standard InChI is InChI=1S/C11H19F3O5S/c1-18-7-9(8-20(16,17)19-2)3-5-10(15,6-4-9)11(12,13)14/h15H,3-8H2,1-2H3. The highest BCUT2D eigenvalue weighted by Gasteiger charge is 2.57. The first-order chi connectivity index (χ1) is 8.99. The van der Waals surface area contributed by atoms with Gasteiger partial charge in [-0.3, -0.25) is 4.18 Å². The Balaban J connectivity index is 2.89. The van der Waals surface area contributed by atoms with Crippen molar-refractivity contribution < 1.29 is 35.6 Å². The van der Waals surface area contributed by atoms with Gasteiger partial charge in [0.1, 0.15) is 0 Å². The van der Waals surface area contributed by atoms with Crippen LogP contribution in [0, 0.1) is 5.41 Å². The molecule has 0 aromatic heterocycles. The minimum absolute atomic E-state index is 0.00350. The summed E-state index contributed by atoms with van der Waals surface area (Å²) >= 11 is 0. The molecule has 0 aliphatic heterocycles. The zero-order valence-electron chi connectivity index (χ0n) is 11.4. The van der Waals surface area contributed by atoms with Crippen molar-refractivity contribution in [3.8, 4) is 0 Å². The number of rotatable bonds is 5. The normalized spacial score (nSPS) is 32.3. The zero-order chi connectivity index (χ0) is 15.7. The van der Waals surface area contributed by atoms with Crippen molar-refractivity contribution in [1.29, 1.82) is 0 Å². The van der Waals surface area contributed by atoms with Gasteiger partial charge in [0.15, 0.2) is 5.60 Å². The summed E-state index contributed by atoms with van der Waals surface area (Å²) in [7, 11) is -1.46. The van der Waals surface area contributed by atoms with Crippen LogP contribution in [0.4, 0.5) is 13.2 Å². The Morgan fingerprint density at radius 1 is 1.15 bits per heavy atom. The third-order valence-corrected chi connectivity index (χ3v) is 5.33. The first-order valence-corrected chi connectivity index (χ1v) is 7.63. The Bertz CT molecular complexity index is 424. The molecular weight excluding hydrogens is 301 g/mol. The molecule has 0 amide bonds. The molecule has 1 saturated carbocycles. The molecule has 9 heteroatoms. The Morgan fingerprint density at radius 3 is 2.00 bits per heavy atom. The average Bonchev–Trinajstić information content (AvgIpc) is 2.32. The van der Waals surface area contributed by atoms with Gasteiger partial charge in [-0.1, -0.05) is 0 Å². The number of ether oxygens (including phenoxy) is 1. The van der Waals surface area contributed by atoms with Crippen LogP contribution in [0.25, 0.3) is 0 Å². The number of halogens is 3. The summed E-state index contributed by atoms with van der Waals surface area (Å²) in [6.07, 6.45) is -6.00. The van der Waals surface area contributed by atoms with Crippen LogP contribution in [0.3, 0.4) is 0 Å². The van der Waals surface area contributed by atoms with Crippen molar-refractivity contribution in [3.63, 3.8) is 0 Å². The summed E-state index contributed by atoms with van der Waals surface area (Å²) in [4.78, 5) is 0. The average molecular weight is 320 g/mol. The summed E-state index contributed by atoms with van der Waals surface area (Å²) in [6, 6.07) is 0. The fourth-order valence-corrected chi connectivity index (χ4v) is 3.79. The summed E-state index contributed by atoms with van der Waals surface area (Å²) in [6.45, 7) is 0.00350. The number of alkyl halides is 3. The van der Waals surface area contributed by atoms with Crippen molar-refractivity contribution >= 4 is 10.1 Å². The maximum absolute atomic E-state index is 12.7. The Labute approximate surface area is 116 Å². The molecule has 0 radical (unpaired) electrons. The molecule has 0 atom stereocenters. The third kappa shape index (κ3) is 3.84. The summed E-state index contributed by atoms with van der Waals surface area (Å²) in [5.41, 5.74) is -3.71. The molecule has 1 aliphatic rings. The van der Waals surface area contributed by atoms with E-state index in [4.69, 9.17) is 4.74 Å². The van der Waals surface area contributed by atoms with E-state index in [-0.39, 0.29) is 19.4 Å². The Hall–Kier alpha value is -0.380. The quantitative estimate of drug-likeness (QED) is 0.777. The summed E-state index contributed by atoms with van der Waals surface area (Å²) in [5.74, 6) is -0.418. The fourth-order valence-electron chi connectivity index (χ4n) is 2.55. The van der Waals surface area contributed by atoms with Gasteiger partial charge >= 0.3 is 6.18 Å². The molecule has 0 aromatic carbocycles. The van der Waals surface area contributed by atoms with Gasteiger partial charge in [-0.15, -0.1) is 0 Å². The molecule has 5 nitrogen and oxygen atoms in total. The molecule has 1 fully saturated rings. The van der Waals surface area contributed by atoms with Crippen LogP contribution in [0.1, 0.15) is 25.7 Å². The lowest BCUT2D eigenvalue weighted by molar-refractivity contribution is -0.276. The second-order valence-corrected chi connectivity index (χ2v) is 7.07. The predicted molar refractivity (Wildman–Crippen MR) is 64.6 cm³/mol. The smallest absolute Gasteiger partial charge is 0.384 e. The second kappa shape index (κ2) is 5.78. The topological polar surface area (TPSA) is 72.8 Å². The van der Waals surface area contributed by atoms with Gasteiger partial charge in [0, 0.05) is 12.5 Å². The van der Waals surface area contributed by atoms with E-state index in [1.807, 2.05) is 0 Å². The first-order valence-electron chi connectivity index (χ1n) is 6.06. The summed E-state index contributed by atoms with van der Waals surface area (Å²) in [5, 5.41) is 9.62. The van der Waals surface area contributed by atoms with Crippen LogP contribution >= 0.6 is 0 Å². The van der Waals surface area contributed by atoms with Crippen LogP contribution in [0.2, 0.25) is 0 Å². The molecule has 1 rings (SSSR count). The molecule has 120 valence electrons. The monoisotopic (exact) mass is 320 g/mol. The van der Waals surface area contributed by atoms with Crippen molar-refractivity contribution in [2.24, 2.45) is 5.41 Å². The predicted octanol–water partition coefficient (Wildman–Crippen LogP) is 1.46. The molecule has 0 aromatic rings. The van der Waals surface area contributed by atoms with E-state index in [1.54, 1.807) is 0 Å². The van der Waals surface area contributed by atoms with Gasteiger partial charge < -0.3 is 9.84 Å². The highest BCUT2D eigenvalue weighted by atomic mass is 32.2. The zero-order valence-corrected chi connectivity index (χ0v) is 12.2. The van der Waals surface area contributed by atoms with Crippen LogP contribution in [0.5, 0.6) is 0 Å². The van der Waals surface area contributed by atoms with E-state index in [0.29, 0.717) is 0 Å². The van der Waals surface area contributed by atoms with Gasteiger partial charge in [0.2, 0.25) is 0 Å². The Morgan fingerprint density at radius 2 is 1.65 bits per heavy atom. The first kappa shape index (κ1) is 17.7. The van der Waals surface area contributed by atoms with Gasteiger partial charge in [0.25, 0.3) is 10.1 Å². The highest BCUT2D eigenvalue weighted by Crippen LogP contribution is 2.48. The van der Waals surface area contributed by atoms with E-state index >= 15 is 0 Å². The van der Waals surface area contributed by atoms with E-state index < -0.39 is 45.9 Å². The van der Waals surface area contributed by atoms with Gasteiger partial charge in [-0.25, -0.2) is 0 Å². The van der Waals surface area contributed by atoms with Crippen LogP contribution in [-0.2, 0) is 19.0 Å².